The van der Waals surface area contributed by atoms with Crippen LogP contribution >= 0.6 is 0 Å². The van der Waals surface area contributed by atoms with Crippen LogP contribution in [0, 0.1) is 6.07 Å². The Labute approximate surface area is 124 Å². The maximum atomic E-state index is 3.04. The van der Waals surface area contributed by atoms with E-state index in [1.54, 1.807) is 0 Å². The second kappa shape index (κ2) is 9.08. The summed E-state index contributed by atoms with van der Waals surface area (Å²) in [6, 6.07) is 9.15. The molecule has 97 valence electrons. The summed E-state index contributed by atoms with van der Waals surface area (Å²) in [6.45, 7) is 0. The van der Waals surface area contributed by atoms with Crippen molar-refractivity contribution in [2.45, 2.75) is 32.1 Å². The normalized spacial score (nSPS) is 17.6. The average Bonchev–Trinajstić information content (AvgIpc) is 2.76. The molecule has 0 amide bonds. The standard InChI is InChI=1S/C9H7.C8H12.Ir/c1-2-5-9-7-3-6-8(9)4-1;1-2-4-6-8-7-5-3-1;/h1,3-5,7H,6H2;1-2,7-8H,3-6H2;/q-1;;/b;2-1-,8-7?;. The Hall–Kier alpha value is -0.911. The molecule has 1 radical (unpaired) electrons. The molecule has 0 aromatic heterocycles. The van der Waals surface area contributed by atoms with Gasteiger partial charge in [0.05, 0.1) is 0 Å². The van der Waals surface area contributed by atoms with E-state index in [0.29, 0.717) is 0 Å². The van der Waals surface area contributed by atoms with Crippen molar-refractivity contribution in [3.63, 3.8) is 0 Å². The van der Waals surface area contributed by atoms with Crippen LogP contribution in [0.5, 0.6) is 0 Å². The molecule has 2 aliphatic carbocycles. The van der Waals surface area contributed by atoms with Gasteiger partial charge in [-0.05, 0) is 32.1 Å². The molecule has 1 aromatic rings. The van der Waals surface area contributed by atoms with Crippen molar-refractivity contribution in [2.75, 3.05) is 0 Å². The van der Waals surface area contributed by atoms with Gasteiger partial charge in [0.1, 0.15) is 0 Å². The van der Waals surface area contributed by atoms with Gasteiger partial charge < -0.3 is 0 Å². The third-order valence-electron chi connectivity index (χ3n) is 2.96. The van der Waals surface area contributed by atoms with Gasteiger partial charge in [-0.2, -0.15) is 24.3 Å². The molecule has 0 atom stereocenters. The predicted molar refractivity (Wildman–Crippen MR) is 74.8 cm³/mol. The number of rotatable bonds is 0. The monoisotopic (exact) mass is 416 g/mol. The van der Waals surface area contributed by atoms with Gasteiger partial charge in [-0.25, -0.2) is 0 Å². The molecule has 0 unspecified atom stereocenters. The molecular formula is C17H19Ir-. The van der Waals surface area contributed by atoms with E-state index in [2.05, 4.69) is 48.6 Å². The first kappa shape index (κ1) is 15.1. The van der Waals surface area contributed by atoms with Crippen LogP contribution in [-0.2, 0) is 26.5 Å². The summed E-state index contributed by atoms with van der Waals surface area (Å²) >= 11 is 0. The SMILES string of the molecule is C1=CCC/C=C\CC1.[Ir].[c-]1ccc2c(c1)C=CC2. The molecule has 3 rings (SSSR count). The summed E-state index contributed by atoms with van der Waals surface area (Å²) in [6.07, 6.45) is 19.4. The molecule has 0 bridgehead atoms. The Morgan fingerprint density at radius 3 is 2.00 bits per heavy atom. The Morgan fingerprint density at radius 2 is 1.44 bits per heavy atom. The molecular weight excluding hydrogens is 396 g/mol. The van der Waals surface area contributed by atoms with Gasteiger partial charge >= 0.3 is 0 Å². The summed E-state index contributed by atoms with van der Waals surface area (Å²) in [5, 5.41) is 0. The van der Waals surface area contributed by atoms with E-state index in [9.17, 15) is 0 Å². The minimum Gasteiger partial charge on any atom is -0.183 e. The van der Waals surface area contributed by atoms with E-state index in [1.807, 2.05) is 12.1 Å². The molecule has 0 nitrogen and oxygen atoms in total. The first-order valence-electron chi connectivity index (χ1n) is 6.42. The van der Waals surface area contributed by atoms with Gasteiger partial charge in [0.25, 0.3) is 0 Å². The third kappa shape index (κ3) is 5.16. The molecule has 0 spiro atoms. The molecule has 0 aliphatic heterocycles. The van der Waals surface area contributed by atoms with Gasteiger partial charge in [0, 0.05) is 20.1 Å². The maximum Gasteiger partial charge on any atom is 0 e. The third-order valence-corrected chi connectivity index (χ3v) is 2.96. The van der Waals surface area contributed by atoms with Gasteiger partial charge in [-0.3, -0.25) is 0 Å². The summed E-state index contributed by atoms with van der Waals surface area (Å²) in [4.78, 5) is 0. The summed E-state index contributed by atoms with van der Waals surface area (Å²) in [7, 11) is 0. The molecule has 0 N–H and O–H groups in total. The van der Waals surface area contributed by atoms with E-state index < -0.39 is 0 Å². The number of hydrogen-bond acceptors (Lipinski definition) is 0. The van der Waals surface area contributed by atoms with Gasteiger partial charge in [-0.15, -0.1) is 17.2 Å². The van der Waals surface area contributed by atoms with Crippen molar-refractivity contribution in [3.05, 3.63) is 65.8 Å². The Kier molecular flexibility index (Phi) is 7.64. The molecule has 1 heteroatoms. The van der Waals surface area contributed by atoms with E-state index in [0.717, 1.165) is 6.42 Å². The fourth-order valence-corrected chi connectivity index (χ4v) is 1.99. The second-order valence-corrected chi connectivity index (χ2v) is 4.33. The Balaban J connectivity index is 0.000000172. The molecule has 0 heterocycles. The van der Waals surface area contributed by atoms with Gasteiger partial charge in [-0.1, -0.05) is 30.4 Å². The Bertz CT molecular complexity index is 401. The zero-order valence-corrected chi connectivity index (χ0v) is 13.0. The topological polar surface area (TPSA) is 0 Å². The van der Waals surface area contributed by atoms with Crippen LogP contribution in [0.3, 0.4) is 0 Å². The molecule has 0 saturated heterocycles. The minimum atomic E-state index is 0. The maximum absolute atomic E-state index is 3.04. The van der Waals surface area contributed by atoms with Crippen LogP contribution in [0.2, 0.25) is 0 Å². The molecule has 0 saturated carbocycles. The van der Waals surface area contributed by atoms with Crippen LogP contribution in [0.1, 0.15) is 36.8 Å². The van der Waals surface area contributed by atoms with Crippen molar-refractivity contribution >= 4 is 6.08 Å². The van der Waals surface area contributed by atoms with E-state index in [-0.39, 0.29) is 20.1 Å². The Morgan fingerprint density at radius 1 is 0.833 bits per heavy atom. The van der Waals surface area contributed by atoms with Crippen molar-refractivity contribution in [1.29, 1.82) is 0 Å². The van der Waals surface area contributed by atoms with Crippen LogP contribution in [-0.4, -0.2) is 0 Å². The van der Waals surface area contributed by atoms with E-state index in [1.165, 1.54) is 36.8 Å². The zero-order chi connectivity index (χ0) is 11.8. The summed E-state index contributed by atoms with van der Waals surface area (Å²) < 4.78 is 0. The van der Waals surface area contributed by atoms with Crippen LogP contribution in [0.25, 0.3) is 6.08 Å². The number of allylic oxidation sites excluding steroid dienone is 5. The van der Waals surface area contributed by atoms with Crippen LogP contribution in [0.15, 0.2) is 48.6 Å². The quantitative estimate of drug-likeness (QED) is 0.425. The number of benzene rings is 1. The molecule has 2 aliphatic rings. The van der Waals surface area contributed by atoms with Gasteiger partial charge in [0.15, 0.2) is 0 Å². The zero-order valence-electron chi connectivity index (χ0n) is 10.6. The van der Waals surface area contributed by atoms with Crippen molar-refractivity contribution < 1.29 is 20.1 Å². The smallest absolute Gasteiger partial charge is 0 e. The van der Waals surface area contributed by atoms with Gasteiger partial charge in [0.2, 0.25) is 0 Å². The first-order valence-corrected chi connectivity index (χ1v) is 6.42. The predicted octanol–water partition coefficient (Wildman–Crippen LogP) is 4.73. The fourth-order valence-electron chi connectivity index (χ4n) is 1.99. The molecule has 18 heavy (non-hydrogen) atoms. The molecule has 1 aromatic carbocycles. The average molecular weight is 416 g/mol. The summed E-state index contributed by atoms with van der Waals surface area (Å²) in [5.74, 6) is 0. The van der Waals surface area contributed by atoms with Crippen molar-refractivity contribution in [2.24, 2.45) is 0 Å². The van der Waals surface area contributed by atoms with E-state index in [4.69, 9.17) is 0 Å². The van der Waals surface area contributed by atoms with Crippen molar-refractivity contribution in [3.8, 4) is 0 Å². The largest absolute Gasteiger partial charge is 0.183 e. The second-order valence-electron chi connectivity index (χ2n) is 4.33. The first-order chi connectivity index (χ1) is 8.47. The van der Waals surface area contributed by atoms with Crippen LogP contribution in [0.4, 0.5) is 0 Å². The fraction of sp³-hybridized carbons (Fsp3) is 0.294. The minimum absolute atomic E-state index is 0. The summed E-state index contributed by atoms with van der Waals surface area (Å²) in [5.41, 5.74) is 2.76. The number of fused-ring (bicyclic) bond motifs is 1. The number of hydrogen-bond donors (Lipinski definition) is 0. The molecule has 0 fully saturated rings. The van der Waals surface area contributed by atoms with E-state index >= 15 is 0 Å². The van der Waals surface area contributed by atoms with Crippen LogP contribution < -0.4 is 0 Å². The van der Waals surface area contributed by atoms with Crippen molar-refractivity contribution in [1.82, 2.24) is 0 Å².